The minimum Gasteiger partial charge on any atom is -0.322 e. The standard InChI is InChI=1S/C25H23N5O/c1-14-6-5-7-21(16(14)3)24-22-11-19(9-8-18(22)12-26-24)28-25(31)23-15(2)10-20-13-27-29-30(20)17(23)4/h5-11,13H,12H2,1-4H3,(H,28,31). The van der Waals surface area contributed by atoms with E-state index in [1.165, 1.54) is 16.7 Å². The summed E-state index contributed by atoms with van der Waals surface area (Å²) in [5.74, 6) is -0.157. The number of nitrogens with one attached hydrogen (secondary N) is 1. The number of carbonyl (C=O) groups is 1. The Balaban J connectivity index is 1.49. The number of aromatic nitrogens is 3. The highest BCUT2D eigenvalue weighted by Gasteiger charge is 2.21. The van der Waals surface area contributed by atoms with Crippen molar-refractivity contribution < 1.29 is 4.79 Å². The van der Waals surface area contributed by atoms with Gasteiger partial charge in [-0.3, -0.25) is 9.79 Å². The van der Waals surface area contributed by atoms with Crippen LogP contribution in [0, 0.1) is 27.7 Å². The third-order valence-corrected chi connectivity index (χ3v) is 6.13. The number of fused-ring (bicyclic) bond motifs is 2. The number of rotatable bonds is 3. The zero-order chi connectivity index (χ0) is 21.7. The first-order valence-electron chi connectivity index (χ1n) is 10.3. The Labute approximate surface area is 180 Å². The second-order valence-corrected chi connectivity index (χ2v) is 8.10. The number of aliphatic imine (C=N–C) groups is 1. The lowest BCUT2D eigenvalue weighted by molar-refractivity contribution is 0.102. The Morgan fingerprint density at radius 1 is 1.00 bits per heavy atom. The predicted octanol–water partition coefficient (Wildman–Crippen LogP) is 4.57. The van der Waals surface area contributed by atoms with Gasteiger partial charge in [0.1, 0.15) is 0 Å². The molecule has 31 heavy (non-hydrogen) atoms. The van der Waals surface area contributed by atoms with E-state index in [9.17, 15) is 4.79 Å². The molecule has 0 aliphatic carbocycles. The topological polar surface area (TPSA) is 71.7 Å². The first-order chi connectivity index (χ1) is 14.9. The predicted molar refractivity (Wildman–Crippen MR) is 122 cm³/mol. The van der Waals surface area contributed by atoms with Crippen molar-refractivity contribution in [3.05, 3.63) is 93.3 Å². The summed E-state index contributed by atoms with van der Waals surface area (Å²) in [6.07, 6.45) is 1.69. The number of nitrogens with zero attached hydrogens (tertiary/aromatic N) is 4. The molecular formula is C25H23N5O. The van der Waals surface area contributed by atoms with E-state index >= 15 is 0 Å². The molecule has 1 N–H and O–H groups in total. The van der Waals surface area contributed by atoms with E-state index in [-0.39, 0.29) is 5.91 Å². The Morgan fingerprint density at radius 3 is 2.68 bits per heavy atom. The molecule has 1 amide bonds. The lowest BCUT2D eigenvalue weighted by atomic mass is 9.94. The molecule has 3 heterocycles. The number of aryl methyl sites for hydroxylation is 3. The summed E-state index contributed by atoms with van der Waals surface area (Å²) in [7, 11) is 0. The van der Waals surface area contributed by atoms with Gasteiger partial charge < -0.3 is 5.32 Å². The number of benzene rings is 2. The fourth-order valence-corrected chi connectivity index (χ4v) is 4.32. The molecule has 0 atom stereocenters. The first-order valence-corrected chi connectivity index (χ1v) is 10.3. The minimum absolute atomic E-state index is 0.157. The third-order valence-electron chi connectivity index (χ3n) is 6.13. The zero-order valence-electron chi connectivity index (χ0n) is 18.0. The van der Waals surface area contributed by atoms with Crippen LogP contribution in [-0.2, 0) is 6.54 Å². The monoisotopic (exact) mass is 409 g/mol. The highest BCUT2D eigenvalue weighted by atomic mass is 16.1. The molecule has 6 nitrogen and oxygen atoms in total. The van der Waals surface area contributed by atoms with Gasteiger partial charge in [-0.2, -0.15) is 0 Å². The van der Waals surface area contributed by atoms with Crippen LogP contribution in [0.3, 0.4) is 0 Å². The molecule has 1 aliphatic rings. The summed E-state index contributed by atoms with van der Waals surface area (Å²) >= 11 is 0. The lowest BCUT2D eigenvalue weighted by Crippen LogP contribution is -2.17. The van der Waals surface area contributed by atoms with Gasteiger partial charge in [-0.05, 0) is 68.1 Å². The van der Waals surface area contributed by atoms with Crippen LogP contribution in [0.1, 0.15) is 49.4 Å². The molecule has 0 saturated heterocycles. The molecule has 6 heteroatoms. The fourth-order valence-electron chi connectivity index (χ4n) is 4.32. The molecule has 154 valence electrons. The largest absolute Gasteiger partial charge is 0.322 e. The summed E-state index contributed by atoms with van der Waals surface area (Å²) in [6, 6.07) is 14.2. The van der Waals surface area contributed by atoms with Crippen LogP contribution in [-0.4, -0.2) is 26.4 Å². The highest BCUT2D eigenvalue weighted by Crippen LogP contribution is 2.29. The number of pyridine rings is 1. The molecule has 1 aliphatic heterocycles. The Morgan fingerprint density at radius 2 is 1.84 bits per heavy atom. The second kappa shape index (κ2) is 7.16. The smallest absolute Gasteiger partial charge is 0.257 e. The van der Waals surface area contributed by atoms with Crippen molar-refractivity contribution >= 4 is 22.8 Å². The van der Waals surface area contributed by atoms with E-state index in [2.05, 4.69) is 47.7 Å². The maximum absolute atomic E-state index is 13.2. The molecule has 4 aromatic rings. The van der Waals surface area contributed by atoms with Crippen LogP contribution in [0.4, 0.5) is 5.69 Å². The normalized spacial score (nSPS) is 12.7. The van der Waals surface area contributed by atoms with E-state index in [4.69, 9.17) is 4.99 Å². The molecule has 0 spiro atoms. The lowest BCUT2D eigenvalue weighted by Gasteiger charge is -2.14. The van der Waals surface area contributed by atoms with Crippen molar-refractivity contribution in [3.8, 4) is 0 Å². The van der Waals surface area contributed by atoms with Crippen molar-refractivity contribution in [2.75, 3.05) is 5.32 Å². The van der Waals surface area contributed by atoms with Gasteiger partial charge >= 0.3 is 0 Å². The van der Waals surface area contributed by atoms with Gasteiger partial charge in [-0.25, -0.2) is 4.52 Å². The molecular weight excluding hydrogens is 386 g/mol. The summed E-state index contributed by atoms with van der Waals surface area (Å²) in [5.41, 5.74) is 10.8. The van der Waals surface area contributed by atoms with Crippen LogP contribution in [0.25, 0.3) is 5.52 Å². The van der Waals surface area contributed by atoms with Crippen LogP contribution >= 0.6 is 0 Å². The SMILES string of the molecule is Cc1cccc(C2=NCc3ccc(NC(=O)c4c(C)cc5cnnn5c4C)cc32)c1C. The average molecular weight is 409 g/mol. The average Bonchev–Trinajstić information content (AvgIpc) is 3.37. The molecule has 0 fully saturated rings. The molecule has 5 rings (SSSR count). The van der Waals surface area contributed by atoms with Crippen LogP contribution in [0.15, 0.2) is 53.7 Å². The summed E-state index contributed by atoms with van der Waals surface area (Å²) < 4.78 is 1.69. The molecule has 2 aromatic carbocycles. The van der Waals surface area contributed by atoms with E-state index in [0.29, 0.717) is 12.1 Å². The molecule has 0 radical (unpaired) electrons. The van der Waals surface area contributed by atoms with Gasteiger partial charge in [0, 0.05) is 16.8 Å². The summed E-state index contributed by atoms with van der Waals surface area (Å²) in [6.45, 7) is 8.72. The van der Waals surface area contributed by atoms with Gasteiger partial charge in [0.25, 0.3) is 5.91 Å². The van der Waals surface area contributed by atoms with Crippen molar-refractivity contribution in [3.63, 3.8) is 0 Å². The van der Waals surface area contributed by atoms with E-state index in [1.807, 2.05) is 38.1 Å². The molecule has 2 aromatic heterocycles. The number of hydrogen-bond acceptors (Lipinski definition) is 4. The van der Waals surface area contributed by atoms with E-state index < -0.39 is 0 Å². The number of carbonyl (C=O) groups excluding carboxylic acids is 1. The van der Waals surface area contributed by atoms with Gasteiger partial charge in [0.15, 0.2) is 0 Å². The Hall–Kier alpha value is -3.80. The molecule has 0 bridgehead atoms. The Kier molecular flexibility index (Phi) is 4.43. The van der Waals surface area contributed by atoms with Crippen LogP contribution in [0.2, 0.25) is 0 Å². The Bertz CT molecular complexity index is 1400. The maximum atomic E-state index is 13.2. The van der Waals surface area contributed by atoms with E-state index in [1.54, 1.807) is 10.7 Å². The van der Waals surface area contributed by atoms with Crippen LogP contribution in [0.5, 0.6) is 0 Å². The van der Waals surface area contributed by atoms with E-state index in [0.717, 1.165) is 39.3 Å². The number of amides is 1. The maximum Gasteiger partial charge on any atom is 0.257 e. The third kappa shape index (κ3) is 3.11. The summed E-state index contributed by atoms with van der Waals surface area (Å²) in [5, 5.41) is 11.1. The minimum atomic E-state index is -0.157. The number of anilines is 1. The van der Waals surface area contributed by atoms with Crippen LogP contribution < -0.4 is 5.32 Å². The molecule has 0 unspecified atom stereocenters. The van der Waals surface area contributed by atoms with Gasteiger partial charge in [-0.1, -0.05) is 29.5 Å². The summed E-state index contributed by atoms with van der Waals surface area (Å²) in [4.78, 5) is 18.0. The van der Waals surface area contributed by atoms with Crippen molar-refractivity contribution in [2.24, 2.45) is 4.99 Å². The van der Waals surface area contributed by atoms with Crippen molar-refractivity contribution in [2.45, 2.75) is 34.2 Å². The van der Waals surface area contributed by atoms with Gasteiger partial charge in [0.05, 0.1) is 35.2 Å². The van der Waals surface area contributed by atoms with Gasteiger partial charge in [-0.15, -0.1) is 5.10 Å². The number of hydrogen-bond donors (Lipinski definition) is 1. The van der Waals surface area contributed by atoms with Gasteiger partial charge in [0.2, 0.25) is 0 Å². The van der Waals surface area contributed by atoms with Crippen molar-refractivity contribution in [1.82, 2.24) is 14.8 Å². The highest BCUT2D eigenvalue weighted by molar-refractivity contribution is 6.17. The van der Waals surface area contributed by atoms with Crippen molar-refractivity contribution in [1.29, 1.82) is 0 Å². The fraction of sp³-hybridized carbons (Fsp3) is 0.200. The second-order valence-electron chi connectivity index (χ2n) is 8.10. The quantitative estimate of drug-likeness (QED) is 0.539. The first kappa shape index (κ1) is 19.2. The molecule has 0 saturated carbocycles. The zero-order valence-corrected chi connectivity index (χ0v) is 18.0.